The lowest BCUT2D eigenvalue weighted by Crippen LogP contribution is -2.10. The largest absolute Gasteiger partial charge is 0.481 e. The molecule has 6 nitrogen and oxygen atoms in total. The van der Waals surface area contributed by atoms with Gasteiger partial charge in [0, 0.05) is 25.2 Å². The van der Waals surface area contributed by atoms with Crippen LogP contribution in [0, 0.1) is 5.82 Å². The third kappa shape index (κ3) is 3.83. The Bertz CT molecular complexity index is 1100. The van der Waals surface area contributed by atoms with Crippen molar-refractivity contribution < 1.29 is 9.13 Å². The third-order valence-electron chi connectivity index (χ3n) is 4.19. The first-order valence-corrected chi connectivity index (χ1v) is 9.94. The van der Waals surface area contributed by atoms with Crippen LogP contribution in [0.1, 0.15) is 24.5 Å². The van der Waals surface area contributed by atoms with E-state index in [1.165, 1.54) is 18.2 Å². The Morgan fingerprint density at radius 1 is 1.25 bits per heavy atom. The molecule has 28 heavy (non-hydrogen) atoms. The fraction of sp³-hybridized carbons (Fsp3) is 0.211. The molecule has 0 fully saturated rings. The summed E-state index contributed by atoms with van der Waals surface area (Å²) in [5.74, 6) is 1.32. The Labute approximate surface area is 170 Å². The fourth-order valence-electron chi connectivity index (χ4n) is 2.82. The lowest BCUT2D eigenvalue weighted by molar-refractivity contribution is 0.211. The molecule has 0 aliphatic carbocycles. The molecular formula is C19H17ClFN5OS. The number of fused-ring (bicyclic) bond motifs is 1. The van der Waals surface area contributed by atoms with E-state index in [-0.39, 0.29) is 5.02 Å². The minimum Gasteiger partial charge on any atom is -0.481 e. The maximum absolute atomic E-state index is 13.2. The standard InChI is InChI=1S/C19H17ClFN5OS/c1-12(27-16-7-6-13(21)9-15(16)20)18-23-24-19(25(18)2)28-11-14-10-26-8-4-3-5-17(26)22-14/h3-10,12H,11H2,1-2H3. The van der Waals surface area contributed by atoms with Gasteiger partial charge in [-0.2, -0.15) is 0 Å². The van der Waals surface area contributed by atoms with E-state index >= 15 is 0 Å². The molecule has 1 aromatic carbocycles. The average Bonchev–Trinajstić information content (AvgIpc) is 3.25. The molecule has 1 atom stereocenters. The number of aromatic nitrogens is 5. The van der Waals surface area contributed by atoms with Gasteiger partial charge < -0.3 is 13.7 Å². The topological polar surface area (TPSA) is 57.2 Å². The number of benzene rings is 1. The van der Waals surface area contributed by atoms with Gasteiger partial charge in [0.2, 0.25) is 0 Å². The van der Waals surface area contributed by atoms with Gasteiger partial charge >= 0.3 is 0 Å². The van der Waals surface area contributed by atoms with Crippen molar-refractivity contribution in [2.45, 2.75) is 23.9 Å². The van der Waals surface area contributed by atoms with Crippen molar-refractivity contribution in [3.63, 3.8) is 0 Å². The number of hydrogen-bond acceptors (Lipinski definition) is 5. The number of nitrogens with zero attached hydrogens (tertiary/aromatic N) is 5. The van der Waals surface area contributed by atoms with Gasteiger partial charge in [-0.25, -0.2) is 9.37 Å². The number of thioether (sulfide) groups is 1. The molecule has 9 heteroatoms. The van der Waals surface area contributed by atoms with Crippen LogP contribution in [-0.2, 0) is 12.8 Å². The van der Waals surface area contributed by atoms with Crippen LogP contribution in [0.3, 0.4) is 0 Å². The van der Waals surface area contributed by atoms with E-state index in [1.54, 1.807) is 11.8 Å². The van der Waals surface area contributed by atoms with Gasteiger partial charge in [0.1, 0.15) is 17.2 Å². The maximum atomic E-state index is 13.2. The molecule has 1 unspecified atom stereocenters. The van der Waals surface area contributed by atoms with Gasteiger partial charge in [-0.3, -0.25) is 0 Å². The Hall–Kier alpha value is -2.58. The zero-order chi connectivity index (χ0) is 19.7. The Morgan fingerprint density at radius 2 is 2.11 bits per heavy atom. The normalized spacial score (nSPS) is 12.4. The molecule has 4 aromatic rings. The van der Waals surface area contributed by atoms with Crippen LogP contribution < -0.4 is 4.74 Å². The Kier molecular flexibility index (Phi) is 5.23. The summed E-state index contributed by atoms with van der Waals surface area (Å²) >= 11 is 7.58. The molecule has 0 saturated heterocycles. The lowest BCUT2D eigenvalue weighted by Gasteiger charge is -2.15. The van der Waals surface area contributed by atoms with Gasteiger partial charge in [-0.05, 0) is 37.3 Å². The molecule has 0 saturated carbocycles. The molecular weight excluding hydrogens is 401 g/mol. The Balaban J connectivity index is 1.45. The van der Waals surface area contributed by atoms with Gasteiger partial charge in [-0.15, -0.1) is 10.2 Å². The highest BCUT2D eigenvalue weighted by Gasteiger charge is 2.19. The third-order valence-corrected chi connectivity index (χ3v) is 5.54. The summed E-state index contributed by atoms with van der Waals surface area (Å²) in [6.45, 7) is 1.85. The molecule has 0 radical (unpaired) electrons. The SMILES string of the molecule is CC(Oc1ccc(F)cc1Cl)c1nnc(SCc2cn3ccccc3n2)n1C. The summed E-state index contributed by atoms with van der Waals surface area (Å²) in [5.41, 5.74) is 1.87. The smallest absolute Gasteiger partial charge is 0.191 e. The monoisotopic (exact) mass is 417 g/mol. The number of ether oxygens (including phenoxy) is 1. The van der Waals surface area contributed by atoms with Crippen LogP contribution >= 0.6 is 23.4 Å². The molecule has 144 valence electrons. The molecule has 3 aromatic heterocycles. The highest BCUT2D eigenvalue weighted by atomic mass is 35.5. The van der Waals surface area contributed by atoms with E-state index in [4.69, 9.17) is 16.3 Å². The molecule has 0 amide bonds. The fourth-order valence-corrected chi connectivity index (χ4v) is 3.83. The first kappa shape index (κ1) is 18.8. The second kappa shape index (κ2) is 7.81. The lowest BCUT2D eigenvalue weighted by atomic mass is 10.3. The molecule has 0 N–H and O–H groups in total. The summed E-state index contributed by atoms with van der Waals surface area (Å²) in [7, 11) is 1.88. The summed E-state index contributed by atoms with van der Waals surface area (Å²) in [6, 6.07) is 9.92. The van der Waals surface area contributed by atoms with Gasteiger partial charge in [0.25, 0.3) is 0 Å². The van der Waals surface area contributed by atoms with Crippen LogP contribution in [0.15, 0.2) is 53.9 Å². The van der Waals surface area contributed by atoms with E-state index in [2.05, 4.69) is 15.2 Å². The molecule has 3 heterocycles. The highest BCUT2D eigenvalue weighted by molar-refractivity contribution is 7.98. The van der Waals surface area contributed by atoms with Gasteiger partial charge in [0.05, 0.1) is 10.7 Å². The van der Waals surface area contributed by atoms with Gasteiger partial charge in [-0.1, -0.05) is 29.4 Å². The molecule has 0 spiro atoms. The first-order valence-electron chi connectivity index (χ1n) is 8.57. The molecule has 0 aliphatic rings. The molecule has 0 bridgehead atoms. The number of imidazole rings is 1. The number of rotatable bonds is 6. The van der Waals surface area contributed by atoms with Crippen molar-refractivity contribution in [1.29, 1.82) is 0 Å². The summed E-state index contributed by atoms with van der Waals surface area (Å²) < 4.78 is 22.9. The van der Waals surface area contributed by atoms with Crippen molar-refractivity contribution in [2.24, 2.45) is 7.05 Å². The van der Waals surface area contributed by atoms with Crippen LogP contribution in [0.5, 0.6) is 5.75 Å². The van der Waals surface area contributed by atoms with Crippen molar-refractivity contribution in [3.8, 4) is 5.75 Å². The van der Waals surface area contributed by atoms with Crippen molar-refractivity contribution in [1.82, 2.24) is 24.1 Å². The first-order chi connectivity index (χ1) is 13.5. The van der Waals surface area contributed by atoms with Crippen LogP contribution in [0.2, 0.25) is 5.02 Å². The highest BCUT2D eigenvalue weighted by Crippen LogP contribution is 2.30. The summed E-state index contributed by atoms with van der Waals surface area (Å²) in [5, 5.41) is 9.47. The number of halogens is 2. The second-order valence-electron chi connectivity index (χ2n) is 6.22. The molecule has 4 rings (SSSR count). The van der Waals surface area contributed by atoms with Crippen LogP contribution in [0.25, 0.3) is 5.65 Å². The zero-order valence-electron chi connectivity index (χ0n) is 15.2. The predicted octanol–water partition coefficient (Wildman–Crippen LogP) is 4.69. The number of pyridine rings is 1. The molecule has 0 aliphatic heterocycles. The van der Waals surface area contributed by atoms with E-state index in [0.717, 1.165) is 16.5 Å². The summed E-state index contributed by atoms with van der Waals surface area (Å²) in [6.07, 6.45) is 3.57. The van der Waals surface area contributed by atoms with Crippen LogP contribution in [0.4, 0.5) is 4.39 Å². The van der Waals surface area contributed by atoms with Crippen LogP contribution in [-0.4, -0.2) is 24.1 Å². The van der Waals surface area contributed by atoms with Gasteiger partial charge in [0.15, 0.2) is 17.1 Å². The summed E-state index contributed by atoms with van der Waals surface area (Å²) in [4.78, 5) is 4.59. The van der Waals surface area contributed by atoms with E-state index in [1.807, 2.05) is 53.5 Å². The number of hydrogen-bond donors (Lipinski definition) is 0. The van der Waals surface area contributed by atoms with E-state index in [9.17, 15) is 4.39 Å². The maximum Gasteiger partial charge on any atom is 0.191 e. The zero-order valence-corrected chi connectivity index (χ0v) is 16.8. The van der Waals surface area contributed by atoms with E-state index in [0.29, 0.717) is 17.3 Å². The average molecular weight is 418 g/mol. The predicted molar refractivity (Wildman–Crippen MR) is 106 cm³/mol. The second-order valence-corrected chi connectivity index (χ2v) is 7.57. The minimum atomic E-state index is -0.408. The van der Waals surface area contributed by atoms with E-state index < -0.39 is 11.9 Å². The van der Waals surface area contributed by atoms with Crippen molar-refractivity contribution in [2.75, 3.05) is 0 Å². The van der Waals surface area contributed by atoms with Crippen molar-refractivity contribution in [3.05, 3.63) is 71.2 Å². The van der Waals surface area contributed by atoms with Crippen molar-refractivity contribution >= 4 is 29.0 Å². The minimum absolute atomic E-state index is 0.218. The Morgan fingerprint density at radius 3 is 2.89 bits per heavy atom. The quantitative estimate of drug-likeness (QED) is 0.426.